The van der Waals surface area contributed by atoms with E-state index in [9.17, 15) is 9.50 Å². The number of ether oxygens (including phenoxy) is 1. The summed E-state index contributed by atoms with van der Waals surface area (Å²) in [6, 6.07) is 3.73. The zero-order valence-electron chi connectivity index (χ0n) is 17.2. The summed E-state index contributed by atoms with van der Waals surface area (Å²) >= 11 is 0. The second-order valence-electron chi connectivity index (χ2n) is 7.50. The van der Waals surface area contributed by atoms with Gasteiger partial charge in [-0.1, -0.05) is 43.9 Å². The number of halogens is 1. The first-order valence-electron chi connectivity index (χ1n) is 10.0. The van der Waals surface area contributed by atoms with E-state index in [1.165, 1.54) is 6.42 Å². The average Bonchev–Trinajstić information content (AvgIpc) is 2.68. The Morgan fingerprint density at radius 1 is 1.29 bits per heavy atom. The van der Waals surface area contributed by atoms with Crippen molar-refractivity contribution in [3.8, 4) is 0 Å². The SMILES string of the molecule is CCc1cc(F)c2c(c1)C(COC)[N-]CC2.OCNCC1(O)CCCCC1.[Y]. The summed E-state index contributed by atoms with van der Waals surface area (Å²) in [5, 5.41) is 25.6. The Bertz CT molecular complexity index is 583. The molecule has 3 N–H and O–H groups in total. The van der Waals surface area contributed by atoms with Crippen LogP contribution < -0.4 is 5.32 Å². The number of methoxy groups -OCH3 is 1. The first-order chi connectivity index (χ1) is 13.0. The Labute approximate surface area is 193 Å². The molecule has 28 heavy (non-hydrogen) atoms. The number of rotatable bonds is 6. The molecule has 0 bridgehead atoms. The van der Waals surface area contributed by atoms with Crippen molar-refractivity contribution in [1.29, 1.82) is 0 Å². The maximum atomic E-state index is 13.8. The molecule has 1 aliphatic heterocycles. The van der Waals surface area contributed by atoms with Gasteiger partial charge in [0.05, 0.1) is 12.3 Å². The van der Waals surface area contributed by atoms with Crippen molar-refractivity contribution < 1.29 is 52.0 Å². The Morgan fingerprint density at radius 2 is 2.00 bits per heavy atom. The molecule has 5 nitrogen and oxygen atoms in total. The van der Waals surface area contributed by atoms with Crippen LogP contribution in [0.1, 0.15) is 61.8 Å². The van der Waals surface area contributed by atoms with E-state index in [0.29, 0.717) is 26.1 Å². The second-order valence-corrected chi connectivity index (χ2v) is 7.50. The average molecular weight is 470 g/mol. The van der Waals surface area contributed by atoms with Crippen LogP contribution in [0.4, 0.5) is 4.39 Å². The van der Waals surface area contributed by atoms with Gasteiger partial charge in [0.25, 0.3) is 0 Å². The van der Waals surface area contributed by atoms with E-state index in [2.05, 4.69) is 16.7 Å². The van der Waals surface area contributed by atoms with Crippen molar-refractivity contribution in [2.45, 2.75) is 63.5 Å². The fraction of sp³-hybridized carbons (Fsp3) is 0.714. The van der Waals surface area contributed by atoms with Crippen LogP contribution in [0.25, 0.3) is 5.32 Å². The molecular weight excluding hydrogens is 436 g/mol. The number of hydrogen-bond donors (Lipinski definition) is 3. The smallest absolute Gasteiger partial charge is 0.126 e. The standard InChI is InChI=1S/C13H17FNO.C8H17NO2.Y/c1-3-9-6-11-10(12(14)7-9)4-5-15-13(11)8-16-2;10-7-9-6-8(11)4-2-1-3-5-8;/h6-7,13H,3-5,8H2,1-2H3;9-11H,1-7H2;/q-1;;. The molecule has 0 spiro atoms. The first kappa shape index (κ1) is 26.1. The van der Waals surface area contributed by atoms with Crippen LogP contribution in [0, 0.1) is 5.82 Å². The van der Waals surface area contributed by atoms with E-state index in [4.69, 9.17) is 9.84 Å². The van der Waals surface area contributed by atoms with E-state index in [1.54, 1.807) is 13.2 Å². The van der Waals surface area contributed by atoms with Gasteiger partial charge >= 0.3 is 0 Å². The molecule has 3 rings (SSSR count). The molecule has 1 fully saturated rings. The summed E-state index contributed by atoms with van der Waals surface area (Å²) in [5.74, 6) is -0.0784. The maximum absolute atomic E-state index is 13.8. The number of nitrogens with zero attached hydrogens (tertiary/aromatic N) is 1. The number of aryl methyl sites for hydroxylation is 1. The second kappa shape index (κ2) is 13.4. The van der Waals surface area contributed by atoms with Crippen LogP contribution in [-0.2, 0) is 50.3 Å². The van der Waals surface area contributed by atoms with Crippen molar-refractivity contribution in [3.05, 3.63) is 40.0 Å². The van der Waals surface area contributed by atoms with E-state index in [1.807, 2.05) is 6.92 Å². The molecule has 1 unspecified atom stereocenters. The van der Waals surface area contributed by atoms with Crippen molar-refractivity contribution in [3.63, 3.8) is 0 Å². The first-order valence-corrected chi connectivity index (χ1v) is 10.0. The Morgan fingerprint density at radius 3 is 2.61 bits per heavy atom. The molecule has 157 valence electrons. The Balaban J connectivity index is 0.000000289. The number of benzene rings is 1. The normalized spacial score (nSPS) is 20.4. The van der Waals surface area contributed by atoms with Crippen LogP contribution in [0.3, 0.4) is 0 Å². The largest absolute Gasteiger partial charge is 0.654 e. The van der Waals surface area contributed by atoms with Gasteiger partial charge in [-0.25, -0.2) is 4.39 Å². The summed E-state index contributed by atoms with van der Waals surface area (Å²) < 4.78 is 19.0. The van der Waals surface area contributed by atoms with Crippen LogP contribution in [-0.4, -0.2) is 49.4 Å². The molecule has 0 amide bonds. The number of hydrogen-bond acceptors (Lipinski definition) is 4. The van der Waals surface area contributed by atoms with Gasteiger partial charge in [-0.2, -0.15) is 0 Å². The fourth-order valence-electron chi connectivity index (χ4n) is 3.89. The van der Waals surface area contributed by atoms with Gasteiger partial charge in [0, 0.05) is 53.0 Å². The predicted octanol–water partition coefficient (Wildman–Crippen LogP) is 3.22. The third-order valence-corrected chi connectivity index (χ3v) is 5.44. The molecule has 0 saturated heterocycles. The minimum absolute atomic E-state index is 0. The molecule has 1 aromatic rings. The molecule has 1 heterocycles. The summed E-state index contributed by atoms with van der Waals surface area (Å²) in [6.07, 6.45) is 6.78. The van der Waals surface area contributed by atoms with Gasteiger partial charge in [-0.15, -0.1) is 6.54 Å². The maximum Gasteiger partial charge on any atom is 0.126 e. The number of aliphatic hydroxyl groups is 2. The zero-order chi connectivity index (χ0) is 19.7. The quantitative estimate of drug-likeness (QED) is 0.559. The number of aliphatic hydroxyl groups excluding tert-OH is 1. The molecule has 1 radical (unpaired) electrons. The van der Waals surface area contributed by atoms with Crippen LogP contribution in [0.5, 0.6) is 0 Å². The van der Waals surface area contributed by atoms with Crippen molar-refractivity contribution in [1.82, 2.24) is 5.32 Å². The topological polar surface area (TPSA) is 75.8 Å². The van der Waals surface area contributed by atoms with Gasteiger partial charge in [-0.05, 0) is 42.9 Å². The molecule has 0 aromatic heterocycles. The molecule has 7 heteroatoms. The van der Waals surface area contributed by atoms with Crippen LogP contribution >= 0.6 is 0 Å². The third-order valence-electron chi connectivity index (χ3n) is 5.44. The van der Waals surface area contributed by atoms with Gasteiger partial charge in [0.15, 0.2) is 0 Å². The minimum Gasteiger partial charge on any atom is -0.654 e. The predicted molar refractivity (Wildman–Crippen MR) is 105 cm³/mol. The van der Waals surface area contributed by atoms with Crippen molar-refractivity contribution >= 4 is 0 Å². The number of nitrogens with one attached hydrogen (secondary N) is 1. The van der Waals surface area contributed by atoms with Gasteiger partial charge < -0.3 is 20.3 Å². The van der Waals surface area contributed by atoms with E-state index in [0.717, 1.165) is 48.8 Å². The molecule has 1 aromatic carbocycles. The summed E-state index contributed by atoms with van der Waals surface area (Å²) in [7, 11) is 1.66. The molecule has 1 atom stereocenters. The van der Waals surface area contributed by atoms with Gasteiger partial charge in [0.2, 0.25) is 0 Å². The van der Waals surface area contributed by atoms with Gasteiger partial charge in [0.1, 0.15) is 5.82 Å². The fourth-order valence-corrected chi connectivity index (χ4v) is 3.89. The van der Waals surface area contributed by atoms with Crippen molar-refractivity contribution in [2.75, 3.05) is 33.5 Å². The zero-order valence-corrected chi connectivity index (χ0v) is 20.1. The monoisotopic (exact) mass is 470 g/mol. The Hall–Kier alpha value is 0.0539. The molecule has 2 aliphatic rings. The molecular formula is C21H34FN2O3Y-. The minimum atomic E-state index is -0.541. The third kappa shape index (κ3) is 7.71. The summed E-state index contributed by atoms with van der Waals surface area (Å²) in [4.78, 5) is 0. The molecule has 1 saturated carbocycles. The van der Waals surface area contributed by atoms with E-state index < -0.39 is 5.60 Å². The number of fused-ring (bicyclic) bond motifs is 1. The molecule has 1 aliphatic carbocycles. The van der Waals surface area contributed by atoms with Crippen LogP contribution in [0.2, 0.25) is 0 Å². The Kier molecular flexibility index (Phi) is 12.5. The van der Waals surface area contributed by atoms with Crippen molar-refractivity contribution in [2.24, 2.45) is 0 Å². The van der Waals surface area contributed by atoms with Crippen LogP contribution in [0.15, 0.2) is 12.1 Å². The summed E-state index contributed by atoms with van der Waals surface area (Å²) in [6.45, 7) is 3.77. The van der Waals surface area contributed by atoms with E-state index in [-0.39, 0.29) is 51.3 Å². The van der Waals surface area contributed by atoms with Gasteiger partial charge in [-0.3, -0.25) is 5.32 Å². The summed E-state index contributed by atoms with van der Waals surface area (Å²) in [5.41, 5.74) is 2.34. The van der Waals surface area contributed by atoms with E-state index >= 15 is 0 Å².